The van der Waals surface area contributed by atoms with Crippen LogP contribution in [0.4, 0.5) is 5.69 Å². The molecule has 0 radical (unpaired) electrons. The molecule has 2 unspecified atom stereocenters. The smallest absolute Gasteiger partial charge is 0.241 e. The number of carbonyl (C=O) groups is 1. The van der Waals surface area contributed by atoms with Crippen molar-refractivity contribution in [2.75, 3.05) is 18.5 Å². The van der Waals surface area contributed by atoms with Crippen LogP contribution in [-0.4, -0.2) is 36.3 Å². The number of benzene rings is 1. The first-order chi connectivity index (χ1) is 8.69. The van der Waals surface area contributed by atoms with E-state index in [9.17, 15) is 9.90 Å². The number of carbonyl (C=O) groups excluding carboxylic acids is 1. The predicted octanol–water partition coefficient (Wildman–Crippen LogP) is 0.747. The molecule has 2 rings (SSSR count). The van der Waals surface area contributed by atoms with E-state index in [1.807, 2.05) is 25.1 Å². The van der Waals surface area contributed by atoms with Crippen molar-refractivity contribution in [3.8, 4) is 5.75 Å². The van der Waals surface area contributed by atoms with Gasteiger partial charge in [0.25, 0.3) is 0 Å². The molecule has 5 nitrogen and oxygen atoms in total. The summed E-state index contributed by atoms with van der Waals surface area (Å²) in [4.78, 5) is 11.9. The zero-order valence-electron chi connectivity index (χ0n) is 10.3. The molecule has 3 N–H and O–H groups in total. The monoisotopic (exact) mass is 250 g/mol. The zero-order chi connectivity index (χ0) is 13.0. The molecule has 0 aliphatic carbocycles. The first-order valence-electron chi connectivity index (χ1n) is 6.14. The van der Waals surface area contributed by atoms with Crippen LogP contribution in [0.3, 0.4) is 0 Å². The molecule has 0 bridgehead atoms. The first-order valence-corrected chi connectivity index (χ1v) is 6.14. The highest BCUT2D eigenvalue weighted by atomic mass is 16.5. The van der Waals surface area contributed by atoms with Gasteiger partial charge in [-0.2, -0.15) is 0 Å². The maximum atomic E-state index is 11.9. The molecule has 1 aromatic carbocycles. The summed E-state index contributed by atoms with van der Waals surface area (Å²) in [6, 6.07) is 6.95. The molecule has 1 fully saturated rings. The minimum absolute atomic E-state index is 0.125. The van der Waals surface area contributed by atoms with Gasteiger partial charge in [-0.1, -0.05) is 6.07 Å². The normalized spacial score (nSPS) is 22.8. The largest absolute Gasteiger partial charge is 0.494 e. The van der Waals surface area contributed by atoms with Crippen LogP contribution in [-0.2, 0) is 4.79 Å². The van der Waals surface area contributed by atoms with Gasteiger partial charge >= 0.3 is 0 Å². The Labute approximate surface area is 106 Å². The minimum Gasteiger partial charge on any atom is -0.494 e. The zero-order valence-corrected chi connectivity index (χ0v) is 10.3. The Morgan fingerprint density at radius 1 is 1.61 bits per heavy atom. The van der Waals surface area contributed by atoms with E-state index in [0.29, 0.717) is 25.3 Å². The van der Waals surface area contributed by atoms with Gasteiger partial charge in [-0.15, -0.1) is 0 Å². The topological polar surface area (TPSA) is 70.6 Å². The molecule has 1 heterocycles. The van der Waals surface area contributed by atoms with E-state index in [-0.39, 0.29) is 11.9 Å². The standard InChI is InChI=1S/C13H18N2O3/c1-2-18-11-5-3-4-9(6-11)15-13(17)12-7-10(16)8-14-12/h3-6,10,12,14,16H,2,7-8H2,1H3,(H,15,17). The molecule has 1 amide bonds. The molecule has 98 valence electrons. The summed E-state index contributed by atoms with van der Waals surface area (Å²) in [6.07, 6.45) is 0.0206. The van der Waals surface area contributed by atoms with Crippen LogP contribution in [0.5, 0.6) is 5.75 Å². The highest BCUT2D eigenvalue weighted by Crippen LogP contribution is 2.18. The van der Waals surface area contributed by atoms with Crippen molar-refractivity contribution in [1.82, 2.24) is 5.32 Å². The lowest BCUT2D eigenvalue weighted by Crippen LogP contribution is -2.35. The molecule has 1 saturated heterocycles. The number of nitrogens with one attached hydrogen (secondary N) is 2. The lowest BCUT2D eigenvalue weighted by molar-refractivity contribution is -0.117. The van der Waals surface area contributed by atoms with Crippen molar-refractivity contribution < 1.29 is 14.6 Å². The molecule has 1 aliphatic rings. The molecule has 2 atom stereocenters. The molecule has 0 spiro atoms. The number of ether oxygens (including phenoxy) is 1. The Bertz CT molecular complexity index is 422. The number of hydrogen-bond acceptors (Lipinski definition) is 4. The number of hydrogen-bond donors (Lipinski definition) is 3. The van der Waals surface area contributed by atoms with Gasteiger partial charge in [0.05, 0.1) is 18.8 Å². The van der Waals surface area contributed by atoms with E-state index in [0.717, 1.165) is 5.75 Å². The van der Waals surface area contributed by atoms with E-state index in [2.05, 4.69) is 10.6 Å². The summed E-state index contributed by atoms with van der Waals surface area (Å²) in [5.41, 5.74) is 0.703. The average Bonchev–Trinajstić information content (AvgIpc) is 2.77. The lowest BCUT2D eigenvalue weighted by Gasteiger charge is -2.12. The Balaban J connectivity index is 1.96. The van der Waals surface area contributed by atoms with Gasteiger partial charge in [-0.05, 0) is 25.5 Å². The molecular weight excluding hydrogens is 232 g/mol. The summed E-state index contributed by atoms with van der Waals surface area (Å²) in [6.45, 7) is 2.97. The Kier molecular flexibility index (Phi) is 4.17. The fourth-order valence-electron chi connectivity index (χ4n) is 1.98. The minimum atomic E-state index is -0.435. The number of rotatable bonds is 4. The second-order valence-electron chi connectivity index (χ2n) is 4.30. The number of aliphatic hydroxyl groups excluding tert-OH is 1. The quantitative estimate of drug-likeness (QED) is 0.737. The lowest BCUT2D eigenvalue weighted by atomic mass is 10.2. The molecule has 1 aliphatic heterocycles. The highest BCUT2D eigenvalue weighted by molar-refractivity contribution is 5.95. The number of amides is 1. The van der Waals surface area contributed by atoms with Crippen LogP contribution in [0.2, 0.25) is 0 Å². The Hall–Kier alpha value is -1.59. The van der Waals surface area contributed by atoms with Gasteiger partial charge in [0.1, 0.15) is 5.75 Å². The van der Waals surface area contributed by atoms with Crippen LogP contribution >= 0.6 is 0 Å². The molecule has 0 aromatic heterocycles. The molecule has 18 heavy (non-hydrogen) atoms. The molecule has 0 saturated carbocycles. The summed E-state index contributed by atoms with van der Waals surface area (Å²) in [7, 11) is 0. The predicted molar refractivity (Wildman–Crippen MR) is 68.7 cm³/mol. The highest BCUT2D eigenvalue weighted by Gasteiger charge is 2.27. The maximum Gasteiger partial charge on any atom is 0.241 e. The van der Waals surface area contributed by atoms with Crippen LogP contribution in [0.25, 0.3) is 0 Å². The molecule has 1 aromatic rings. The van der Waals surface area contributed by atoms with Gasteiger partial charge in [-0.3, -0.25) is 4.79 Å². The van der Waals surface area contributed by atoms with Crippen molar-refractivity contribution >= 4 is 11.6 Å². The first kappa shape index (κ1) is 12.9. The maximum absolute atomic E-state index is 11.9. The Morgan fingerprint density at radius 2 is 2.44 bits per heavy atom. The SMILES string of the molecule is CCOc1cccc(NC(=O)C2CC(O)CN2)c1. The van der Waals surface area contributed by atoms with Gasteiger partial charge in [0, 0.05) is 18.3 Å². The Morgan fingerprint density at radius 3 is 3.11 bits per heavy atom. The fourth-order valence-corrected chi connectivity index (χ4v) is 1.98. The van der Waals surface area contributed by atoms with E-state index < -0.39 is 6.10 Å². The van der Waals surface area contributed by atoms with Crippen molar-refractivity contribution in [2.24, 2.45) is 0 Å². The third kappa shape index (κ3) is 3.21. The van der Waals surface area contributed by atoms with Gasteiger partial charge in [0.2, 0.25) is 5.91 Å². The van der Waals surface area contributed by atoms with Crippen molar-refractivity contribution in [1.29, 1.82) is 0 Å². The third-order valence-corrected chi connectivity index (χ3v) is 2.84. The van der Waals surface area contributed by atoms with Crippen molar-refractivity contribution in [2.45, 2.75) is 25.5 Å². The number of anilines is 1. The van der Waals surface area contributed by atoms with Crippen LogP contribution in [0.15, 0.2) is 24.3 Å². The summed E-state index contributed by atoms with van der Waals surface area (Å²) in [5, 5.41) is 15.1. The fraction of sp³-hybridized carbons (Fsp3) is 0.462. The van der Waals surface area contributed by atoms with E-state index in [4.69, 9.17) is 4.74 Å². The summed E-state index contributed by atoms with van der Waals surface area (Å²) < 4.78 is 5.36. The van der Waals surface area contributed by atoms with Gasteiger partial charge in [0.15, 0.2) is 0 Å². The van der Waals surface area contributed by atoms with Crippen LogP contribution in [0.1, 0.15) is 13.3 Å². The van der Waals surface area contributed by atoms with Crippen LogP contribution < -0.4 is 15.4 Å². The average molecular weight is 250 g/mol. The van der Waals surface area contributed by atoms with E-state index >= 15 is 0 Å². The second-order valence-corrected chi connectivity index (χ2v) is 4.30. The van der Waals surface area contributed by atoms with Crippen molar-refractivity contribution in [3.63, 3.8) is 0 Å². The summed E-state index contributed by atoms with van der Waals surface area (Å²) >= 11 is 0. The van der Waals surface area contributed by atoms with E-state index in [1.165, 1.54) is 0 Å². The summed E-state index contributed by atoms with van der Waals surface area (Å²) in [5.74, 6) is 0.606. The van der Waals surface area contributed by atoms with Gasteiger partial charge in [-0.25, -0.2) is 0 Å². The number of β-amino-alcohol motifs (C(OH)–C–C–N with tert-alkyl or cyclic N) is 1. The third-order valence-electron chi connectivity index (χ3n) is 2.84. The second kappa shape index (κ2) is 5.84. The molecule has 5 heteroatoms. The molecular formula is C13H18N2O3. The van der Waals surface area contributed by atoms with Crippen LogP contribution in [0, 0.1) is 0 Å². The number of aliphatic hydroxyl groups is 1. The van der Waals surface area contributed by atoms with E-state index in [1.54, 1.807) is 6.07 Å². The van der Waals surface area contributed by atoms with Gasteiger partial charge < -0.3 is 20.5 Å². The van der Waals surface area contributed by atoms with Crippen molar-refractivity contribution in [3.05, 3.63) is 24.3 Å².